The Labute approximate surface area is 195 Å². The largest absolute Gasteiger partial charge is 0.350 e. The average molecular weight is 457 g/mol. The lowest BCUT2D eigenvalue weighted by molar-refractivity contribution is -0.121. The first-order chi connectivity index (χ1) is 16.5. The second kappa shape index (κ2) is 8.93. The van der Waals surface area contributed by atoms with Crippen LogP contribution >= 0.6 is 0 Å². The van der Waals surface area contributed by atoms with Gasteiger partial charge in [0, 0.05) is 18.4 Å². The minimum absolute atomic E-state index is 0.00261. The quantitative estimate of drug-likeness (QED) is 0.403. The summed E-state index contributed by atoms with van der Waals surface area (Å²) in [6.45, 7) is 4.43. The van der Waals surface area contributed by atoms with E-state index in [1.54, 1.807) is 4.57 Å². The SMILES string of the molecule is CCc1noc(Cn2cnc3c4cc(C)ccc4n(CC(=O)NCc4ccccc4)c3c2=O)n1. The van der Waals surface area contributed by atoms with Gasteiger partial charge in [-0.2, -0.15) is 4.98 Å². The highest BCUT2D eigenvalue weighted by Crippen LogP contribution is 2.26. The van der Waals surface area contributed by atoms with Crippen molar-refractivity contribution < 1.29 is 9.32 Å². The Bertz CT molecular complexity index is 1550. The van der Waals surface area contributed by atoms with Crippen LogP contribution in [0, 0.1) is 6.92 Å². The molecule has 3 aromatic heterocycles. The third kappa shape index (κ3) is 4.07. The van der Waals surface area contributed by atoms with E-state index in [4.69, 9.17) is 4.52 Å². The molecule has 0 aliphatic carbocycles. The Balaban J connectivity index is 1.54. The second-order valence-electron chi connectivity index (χ2n) is 8.20. The van der Waals surface area contributed by atoms with Crippen molar-refractivity contribution in [3.63, 3.8) is 0 Å². The van der Waals surface area contributed by atoms with Crippen LogP contribution in [0.1, 0.15) is 29.8 Å². The lowest BCUT2D eigenvalue weighted by Gasteiger charge is -2.09. The van der Waals surface area contributed by atoms with Crippen LogP contribution in [0.4, 0.5) is 0 Å². The molecule has 1 N–H and O–H groups in total. The maximum atomic E-state index is 13.5. The molecule has 2 aromatic carbocycles. The fraction of sp³-hybridized carbons (Fsp3) is 0.240. The van der Waals surface area contributed by atoms with E-state index in [0.29, 0.717) is 35.7 Å². The van der Waals surface area contributed by atoms with E-state index in [1.807, 2.05) is 62.4 Å². The molecular weight excluding hydrogens is 432 g/mol. The topological polar surface area (TPSA) is 108 Å². The predicted octanol–water partition coefficient (Wildman–Crippen LogP) is 2.97. The Morgan fingerprint density at radius 2 is 1.97 bits per heavy atom. The molecule has 0 spiro atoms. The number of hydrogen-bond acceptors (Lipinski definition) is 6. The number of carbonyl (C=O) groups is 1. The molecule has 0 radical (unpaired) electrons. The first kappa shape index (κ1) is 21.6. The zero-order chi connectivity index (χ0) is 23.7. The van der Waals surface area contributed by atoms with Crippen molar-refractivity contribution in [2.45, 2.75) is 39.9 Å². The molecule has 172 valence electrons. The minimum Gasteiger partial charge on any atom is -0.350 e. The van der Waals surface area contributed by atoms with Crippen LogP contribution in [0.25, 0.3) is 21.9 Å². The second-order valence-corrected chi connectivity index (χ2v) is 8.20. The molecule has 0 saturated heterocycles. The van der Waals surface area contributed by atoms with Gasteiger partial charge in [0.15, 0.2) is 5.82 Å². The minimum atomic E-state index is -0.272. The summed E-state index contributed by atoms with van der Waals surface area (Å²) in [4.78, 5) is 35.3. The van der Waals surface area contributed by atoms with Crippen molar-refractivity contribution in [2.75, 3.05) is 0 Å². The summed E-state index contributed by atoms with van der Waals surface area (Å²) in [6.07, 6.45) is 2.13. The van der Waals surface area contributed by atoms with Gasteiger partial charge in [0.05, 0.1) is 11.8 Å². The summed E-state index contributed by atoms with van der Waals surface area (Å²) in [5.41, 5.74) is 3.49. The van der Waals surface area contributed by atoms with E-state index in [0.717, 1.165) is 22.0 Å². The molecule has 9 nitrogen and oxygen atoms in total. The Morgan fingerprint density at radius 3 is 2.74 bits per heavy atom. The molecule has 0 atom stereocenters. The number of aryl methyl sites for hydroxylation is 2. The molecule has 34 heavy (non-hydrogen) atoms. The predicted molar refractivity (Wildman–Crippen MR) is 127 cm³/mol. The summed E-state index contributed by atoms with van der Waals surface area (Å²) in [6, 6.07) is 15.6. The van der Waals surface area contributed by atoms with Crippen LogP contribution in [0.3, 0.4) is 0 Å². The van der Waals surface area contributed by atoms with Crippen LogP contribution in [0.5, 0.6) is 0 Å². The van der Waals surface area contributed by atoms with Crippen molar-refractivity contribution in [3.05, 3.63) is 88.1 Å². The fourth-order valence-electron chi connectivity index (χ4n) is 4.03. The van der Waals surface area contributed by atoms with E-state index < -0.39 is 0 Å². The Kier molecular flexibility index (Phi) is 5.67. The van der Waals surface area contributed by atoms with Crippen LogP contribution in [0.15, 0.2) is 64.2 Å². The number of amides is 1. The van der Waals surface area contributed by atoms with E-state index in [2.05, 4.69) is 20.4 Å². The number of rotatable bonds is 7. The number of benzene rings is 2. The van der Waals surface area contributed by atoms with Gasteiger partial charge >= 0.3 is 0 Å². The van der Waals surface area contributed by atoms with E-state index in [9.17, 15) is 9.59 Å². The molecule has 0 unspecified atom stereocenters. The number of nitrogens with one attached hydrogen (secondary N) is 1. The Morgan fingerprint density at radius 1 is 1.15 bits per heavy atom. The van der Waals surface area contributed by atoms with Gasteiger partial charge < -0.3 is 14.4 Å². The van der Waals surface area contributed by atoms with Crippen LogP contribution < -0.4 is 10.9 Å². The van der Waals surface area contributed by atoms with Gasteiger partial charge in [-0.1, -0.05) is 54.0 Å². The molecule has 0 fully saturated rings. The van der Waals surface area contributed by atoms with Gasteiger partial charge in [0.25, 0.3) is 5.56 Å². The molecule has 0 saturated carbocycles. The number of fused-ring (bicyclic) bond motifs is 3. The monoisotopic (exact) mass is 456 g/mol. The van der Waals surface area contributed by atoms with Gasteiger partial charge in [-0.05, 0) is 24.6 Å². The third-order valence-corrected chi connectivity index (χ3v) is 5.75. The molecule has 5 rings (SSSR count). The fourth-order valence-corrected chi connectivity index (χ4v) is 4.03. The summed E-state index contributed by atoms with van der Waals surface area (Å²) in [5, 5.41) is 7.66. The summed E-state index contributed by atoms with van der Waals surface area (Å²) in [7, 11) is 0. The smallest absolute Gasteiger partial charge is 0.278 e. The number of aromatic nitrogens is 5. The van der Waals surface area contributed by atoms with Crippen molar-refractivity contribution in [3.8, 4) is 0 Å². The molecule has 1 amide bonds. The van der Waals surface area contributed by atoms with Crippen LogP contribution in [-0.2, 0) is 30.8 Å². The maximum absolute atomic E-state index is 13.5. The summed E-state index contributed by atoms with van der Waals surface area (Å²) >= 11 is 0. The first-order valence-electron chi connectivity index (χ1n) is 11.1. The van der Waals surface area contributed by atoms with Gasteiger partial charge in [0.2, 0.25) is 11.8 Å². The molecular formula is C25H24N6O3. The van der Waals surface area contributed by atoms with Crippen molar-refractivity contribution in [2.24, 2.45) is 0 Å². The zero-order valence-corrected chi connectivity index (χ0v) is 19.0. The first-order valence-corrected chi connectivity index (χ1v) is 11.1. The van der Waals surface area contributed by atoms with E-state index >= 15 is 0 Å². The molecule has 5 aromatic rings. The Hall–Kier alpha value is -4.27. The zero-order valence-electron chi connectivity index (χ0n) is 19.0. The van der Waals surface area contributed by atoms with Crippen LogP contribution in [-0.4, -0.2) is 30.2 Å². The number of carbonyl (C=O) groups excluding carboxylic acids is 1. The lowest BCUT2D eigenvalue weighted by atomic mass is 10.1. The number of hydrogen-bond donors (Lipinski definition) is 1. The van der Waals surface area contributed by atoms with E-state index in [-0.39, 0.29) is 24.6 Å². The van der Waals surface area contributed by atoms with E-state index in [1.165, 1.54) is 10.9 Å². The standard InChI is InChI=1S/C25H24N6O3/c1-3-20-28-22(34-29-20)14-30-15-27-23-18-11-16(2)9-10-19(18)31(24(23)25(30)33)13-21(32)26-12-17-7-5-4-6-8-17/h4-11,15H,3,12-14H2,1-2H3,(H,26,32). The summed E-state index contributed by atoms with van der Waals surface area (Å²) in [5.74, 6) is 0.721. The lowest BCUT2D eigenvalue weighted by Crippen LogP contribution is -2.29. The van der Waals surface area contributed by atoms with Crippen molar-refractivity contribution in [1.29, 1.82) is 0 Å². The number of nitrogens with zero attached hydrogens (tertiary/aromatic N) is 5. The molecule has 0 bridgehead atoms. The van der Waals surface area contributed by atoms with Gasteiger partial charge in [-0.15, -0.1) is 0 Å². The normalized spacial score (nSPS) is 11.4. The van der Waals surface area contributed by atoms with Gasteiger partial charge in [0.1, 0.15) is 24.1 Å². The highest BCUT2D eigenvalue weighted by Gasteiger charge is 2.19. The summed E-state index contributed by atoms with van der Waals surface area (Å²) < 4.78 is 8.42. The highest BCUT2D eigenvalue weighted by molar-refractivity contribution is 6.06. The molecule has 0 aliphatic rings. The van der Waals surface area contributed by atoms with Crippen molar-refractivity contribution in [1.82, 2.24) is 29.6 Å². The van der Waals surface area contributed by atoms with Crippen molar-refractivity contribution >= 4 is 27.8 Å². The van der Waals surface area contributed by atoms with Gasteiger partial charge in [-0.3, -0.25) is 14.2 Å². The third-order valence-electron chi connectivity index (χ3n) is 5.75. The molecule has 3 heterocycles. The molecule has 9 heteroatoms. The molecule has 0 aliphatic heterocycles. The average Bonchev–Trinajstić information content (AvgIpc) is 3.43. The maximum Gasteiger partial charge on any atom is 0.278 e. The van der Waals surface area contributed by atoms with Crippen LogP contribution in [0.2, 0.25) is 0 Å². The highest BCUT2D eigenvalue weighted by atomic mass is 16.5. The van der Waals surface area contributed by atoms with Gasteiger partial charge in [-0.25, -0.2) is 4.98 Å².